The molecule has 0 unspecified atom stereocenters. The molecule has 0 aliphatic heterocycles. The van der Waals surface area contributed by atoms with Gasteiger partial charge >= 0.3 is 0 Å². The maximum atomic E-state index is 13.4. The summed E-state index contributed by atoms with van der Waals surface area (Å²) in [6.07, 6.45) is 0.398. The second-order valence-corrected chi connectivity index (χ2v) is 5.67. The van der Waals surface area contributed by atoms with Crippen molar-refractivity contribution in [2.75, 3.05) is 18.1 Å². The zero-order valence-electron chi connectivity index (χ0n) is 12.5. The Hall–Kier alpha value is -2.42. The summed E-state index contributed by atoms with van der Waals surface area (Å²) in [5, 5.41) is 10.3. The molecule has 1 aromatic heterocycles. The van der Waals surface area contributed by atoms with Crippen molar-refractivity contribution in [1.29, 1.82) is 0 Å². The van der Waals surface area contributed by atoms with Gasteiger partial charge in [-0.1, -0.05) is 30.0 Å². The Bertz CT molecular complexity index is 765. The van der Waals surface area contributed by atoms with Crippen LogP contribution in [0.2, 0.25) is 0 Å². The van der Waals surface area contributed by atoms with Crippen LogP contribution in [-0.2, 0) is 11.2 Å². The predicted molar refractivity (Wildman–Crippen MR) is 85.0 cm³/mol. The highest BCUT2D eigenvalue weighted by atomic mass is 32.2. The second-order valence-electron chi connectivity index (χ2n) is 4.72. The van der Waals surface area contributed by atoms with E-state index in [-0.39, 0.29) is 28.3 Å². The number of nitrogens with one attached hydrogen (secondary N) is 1. The van der Waals surface area contributed by atoms with Gasteiger partial charge in [0.25, 0.3) is 5.56 Å². The summed E-state index contributed by atoms with van der Waals surface area (Å²) < 4.78 is 14.3. The third-order valence-corrected chi connectivity index (χ3v) is 3.97. The van der Waals surface area contributed by atoms with E-state index >= 15 is 0 Å². The molecular formula is C14H16FN5O2S. The van der Waals surface area contributed by atoms with Crippen molar-refractivity contribution in [1.82, 2.24) is 20.2 Å². The molecule has 0 bridgehead atoms. The van der Waals surface area contributed by atoms with Crippen LogP contribution in [0.4, 0.5) is 4.39 Å². The molecule has 0 radical (unpaired) electrons. The Morgan fingerprint density at radius 1 is 1.39 bits per heavy atom. The fourth-order valence-electron chi connectivity index (χ4n) is 1.79. The van der Waals surface area contributed by atoms with Gasteiger partial charge in [-0.15, -0.1) is 10.2 Å². The van der Waals surface area contributed by atoms with E-state index in [1.807, 2.05) is 0 Å². The number of nitrogens with two attached hydrogens (primary N) is 1. The van der Waals surface area contributed by atoms with Crippen molar-refractivity contribution in [3.63, 3.8) is 0 Å². The molecule has 1 heterocycles. The summed E-state index contributed by atoms with van der Waals surface area (Å²) in [7, 11) is 0. The minimum Gasteiger partial charge on any atom is -0.355 e. The first-order valence-corrected chi connectivity index (χ1v) is 7.82. The molecule has 3 N–H and O–H groups in total. The normalized spacial score (nSPS) is 10.5. The van der Waals surface area contributed by atoms with Crippen LogP contribution in [-0.4, -0.2) is 33.1 Å². The van der Waals surface area contributed by atoms with E-state index in [1.54, 1.807) is 18.2 Å². The monoisotopic (exact) mass is 337 g/mol. The third-order valence-electron chi connectivity index (χ3n) is 3.03. The van der Waals surface area contributed by atoms with Gasteiger partial charge in [0.2, 0.25) is 11.1 Å². The Morgan fingerprint density at radius 2 is 2.13 bits per heavy atom. The summed E-state index contributed by atoms with van der Waals surface area (Å²) in [5.41, 5.74) is 0.273. The van der Waals surface area contributed by atoms with Gasteiger partial charge < -0.3 is 11.2 Å². The average molecular weight is 337 g/mol. The Morgan fingerprint density at radius 3 is 2.87 bits per heavy atom. The number of halogens is 1. The van der Waals surface area contributed by atoms with Crippen LogP contribution in [0.5, 0.6) is 0 Å². The summed E-state index contributed by atoms with van der Waals surface area (Å²) in [4.78, 5) is 23.3. The fourth-order valence-corrected chi connectivity index (χ4v) is 2.47. The van der Waals surface area contributed by atoms with Crippen molar-refractivity contribution in [2.45, 2.75) is 18.5 Å². The standard InChI is InChI=1S/C14H16FN5O2S/c1-9-13(22)20(16)14(19-18-9)23-8-12(21)17-7-6-10-4-2-3-5-11(10)15/h2-5H,6-8,16H2,1H3,(H,17,21). The van der Waals surface area contributed by atoms with E-state index in [0.717, 1.165) is 16.4 Å². The average Bonchev–Trinajstić information content (AvgIpc) is 2.54. The maximum absolute atomic E-state index is 13.4. The molecule has 0 aliphatic carbocycles. The molecular weight excluding hydrogens is 321 g/mol. The molecule has 9 heteroatoms. The molecule has 23 heavy (non-hydrogen) atoms. The first-order valence-electron chi connectivity index (χ1n) is 6.83. The summed E-state index contributed by atoms with van der Waals surface area (Å²) in [6, 6.07) is 6.41. The Kier molecular flexibility index (Phi) is 5.69. The molecule has 0 fully saturated rings. The fraction of sp³-hybridized carbons (Fsp3) is 0.286. The van der Waals surface area contributed by atoms with Crippen LogP contribution >= 0.6 is 11.8 Å². The first kappa shape index (κ1) is 16.9. The van der Waals surface area contributed by atoms with Gasteiger partial charge in [-0.3, -0.25) is 9.59 Å². The molecule has 0 saturated heterocycles. The molecule has 2 rings (SSSR count). The second kappa shape index (κ2) is 7.73. The summed E-state index contributed by atoms with van der Waals surface area (Å²) in [5.74, 6) is 5.05. The van der Waals surface area contributed by atoms with Gasteiger partial charge in [-0.05, 0) is 25.0 Å². The smallest absolute Gasteiger partial charge is 0.294 e. The van der Waals surface area contributed by atoms with E-state index in [9.17, 15) is 14.0 Å². The van der Waals surface area contributed by atoms with E-state index in [2.05, 4.69) is 15.5 Å². The van der Waals surface area contributed by atoms with Crippen LogP contribution < -0.4 is 16.7 Å². The van der Waals surface area contributed by atoms with Gasteiger partial charge in [-0.25, -0.2) is 4.39 Å². The SMILES string of the molecule is Cc1nnc(SCC(=O)NCCc2ccccc2F)n(N)c1=O. The van der Waals surface area contributed by atoms with Crippen molar-refractivity contribution in [2.24, 2.45) is 0 Å². The van der Waals surface area contributed by atoms with Gasteiger partial charge in [-0.2, -0.15) is 4.68 Å². The molecule has 0 aliphatic rings. The van der Waals surface area contributed by atoms with Crippen molar-refractivity contribution >= 4 is 17.7 Å². The number of carbonyl (C=O) groups excluding carboxylic acids is 1. The minimum absolute atomic E-state index is 0.0334. The minimum atomic E-state index is -0.456. The number of thioether (sulfide) groups is 1. The van der Waals surface area contributed by atoms with Crippen molar-refractivity contribution < 1.29 is 9.18 Å². The number of hydrogen-bond donors (Lipinski definition) is 2. The number of benzene rings is 1. The highest BCUT2D eigenvalue weighted by Gasteiger charge is 2.10. The van der Waals surface area contributed by atoms with Gasteiger partial charge in [0.1, 0.15) is 11.5 Å². The molecule has 122 valence electrons. The van der Waals surface area contributed by atoms with Crippen LogP contribution in [0.15, 0.2) is 34.2 Å². The number of aromatic nitrogens is 3. The van der Waals surface area contributed by atoms with E-state index in [4.69, 9.17) is 5.84 Å². The van der Waals surface area contributed by atoms with E-state index in [0.29, 0.717) is 18.5 Å². The van der Waals surface area contributed by atoms with Crippen LogP contribution in [0.25, 0.3) is 0 Å². The number of aryl methyl sites for hydroxylation is 1. The lowest BCUT2D eigenvalue weighted by Crippen LogP contribution is -2.33. The third kappa shape index (κ3) is 4.52. The van der Waals surface area contributed by atoms with Crippen LogP contribution in [0, 0.1) is 12.7 Å². The maximum Gasteiger partial charge on any atom is 0.294 e. The van der Waals surface area contributed by atoms with Crippen molar-refractivity contribution in [3.05, 3.63) is 51.7 Å². The van der Waals surface area contributed by atoms with Crippen LogP contribution in [0.1, 0.15) is 11.3 Å². The summed E-state index contributed by atoms with van der Waals surface area (Å²) in [6.45, 7) is 1.82. The quantitative estimate of drug-likeness (QED) is 0.579. The number of nitrogens with zero attached hydrogens (tertiary/aromatic N) is 3. The largest absolute Gasteiger partial charge is 0.355 e. The van der Waals surface area contributed by atoms with E-state index < -0.39 is 5.56 Å². The zero-order valence-corrected chi connectivity index (χ0v) is 13.3. The van der Waals surface area contributed by atoms with Gasteiger partial charge in [0.05, 0.1) is 5.75 Å². The lowest BCUT2D eigenvalue weighted by Gasteiger charge is -2.07. The number of nitrogen functional groups attached to an aromatic ring is 1. The van der Waals surface area contributed by atoms with Gasteiger partial charge in [0, 0.05) is 6.54 Å². The van der Waals surface area contributed by atoms with E-state index in [1.165, 1.54) is 13.0 Å². The lowest BCUT2D eigenvalue weighted by atomic mass is 10.1. The zero-order chi connectivity index (χ0) is 16.8. The van der Waals surface area contributed by atoms with Gasteiger partial charge in [0.15, 0.2) is 0 Å². The first-order chi connectivity index (χ1) is 11.0. The highest BCUT2D eigenvalue weighted by Crippen LogP contribution is 2.10. The lowest BCUT2D eigenvalue weighted by molar-refractivity contribution is -0.118. The Labute approximate surface area is 136 Å². The highest BCUT2D eigenvalue weighted by molar-refractivity contribution is 7.99. The molecule has 0 saturated carbocycles. The molecule has 0 spiro atoms. The van der Waals surface area contributed by atoms with Crippen LogP contribution in [0.3, 0.4) is 0 Å². The molecule has 1 amide bonds. The van der Waals surface area contributed by atoms with Crippen molar-refractivity contribution in [3.8, 4) is 0 Å². The predicted octanol–water partition coefficient (Wildman–Crippen LogP) is 0.251. The topological polar surface area (TPSA) is 103 Å². The number of hydrogen-bond acceptors (Lipinski definition) is 6. The molecule has 1 aromatic carbocycles. The number of rotatable bonds is 6. The Balaban J connectivity index is 1.81. The molecule has 0 atom stereocenters. The molecule has 7 nitrogen and oxygen atoms in total. The summed E-state index contributed by atoms with van der Waals surface area (Å²) >= 11 is 1.01. The number of carbonyl (C=O) groups is 1. The molecule has 2 aromatic rings. The number of amides is 1.